The summed E-state index contributed by atoms with van der Waals surface area (Å²) in [4.78, 5) is 14.7. The van der Waals surface area contributed by atoms with Crippen LogP contribution in [0.15, 0.2) is 45.4 Å². The van der Waals surface area contributed by atoms with Crippen molar-refractivity contribution in [3.8, 4) is 11.3 Å². The zero-order valence-electron chi connectivity index (χ0n) is 15.2. The van der Waals surface area contributed by atoms with Crippen molar-refractivity contribution in [1.29, 1.82) is 0 Å². The van der Waals surface area contributed by atoms with Crippen molar-refractivity contribution in [2.75, 3.05) is 6.54 Å². The van der Waals surface area contributed by atoms with Crippen LogP contribution in [0.4, 0.5) is 4.39 Å². The molecule has 0 N–H and O–H groups in total. The molecule has 0 unspecified atom stereocenters. The van der Waals surface area contributed by atoms with E-state index in [2.05, 4.69) is 10.3 Å². The minimum absolute atomic E-state index is 0.0905. The molecule has 140 valence electrons. The monoisotopic (exact) mass is 369 g/mol. The highest BCUT2D eigenvalue weighted by Crippen LogP contribution is 2.34. The van der Waals surface area contributed by atoms with Gasteiger partial charge in [-0.1, -0.05) is 36.3 Å². The Hall–Kier alpha value is -2.96. The highest BCUT2D eigenvalue weighted by molar-refractivity contribution is 5.93. The Balaban J connectivity index is 1.58. The fraction of sp³-hybridized carbons (Fsp3) is 0.350. The van der Waals surface area contributed by atoms with Crippen LogP contribution in [0.5, 0.6) is 0 Å². The van der Waals surface area contributed by atoms with Crippen molar-refractivity contribution in [3.05, 3.63) is 59.4 Å². The molecule has 1 aromatic carbocycles. The summed E-state index contributed by atoms with van der Waals surface area (Å²) in [5, 5.41) is 8.01. The van der Waals surface area contributed by atoms with Crippen LogP contribution in [-0.2, 0) is 0 Å². The number of hydrogen-bond donors (Lipinski definition) is 0. The number of aromatic nitrogens is 2. The average molecular weight is 369 g/mol. The predicted octanol–water partition coefficient (Wildman–Crippen LogP) is 4.57. The van der Waals surface area contributed by atoms with Gasteiger partial charge in [0.1, 0.15) is 23.0 Å². The molecule has 0 radical (unpaired) electrons. The maximum Gasteiger partial charge on any atom is 0.293 e. The van der Waals surface area contributed by atoms with Crippen molar-refractivity contribution < 1.29 is 18.2 Å². The van der Waals surface area contributed by atoms with Crippen LogP contribution in [0.1, 0.15) is 60.7 Å². The fourth-order valence-corrected chi connectivity index (χ4v) is 3.36. The third-order valence-electron chi connectivity index (χ3n) is 4.84. The Morgan fingerprint density at radius 1 is 1.22 bits per heavy atom. The van der Waals surface area contributed by atoms with Gasteiger partial charge in [-0.3, -0.25) is 4.79 Å². The third-order valence-corrected chi connectivity index (χ3v) is 4.84. The standard InChI is InChI=1S/C20H20FN3O3/c1-12(2)18-11-16(23-26-18)17-8-5-9-24(17)20(25)19-10-15(22-27-19)13-6-3-4-7-14(13)21/h3-4,6-7,10-12,17H,5,8-9H2,1-2H3/t17-/m1/s1. The minimum Gasteiger partial charge on any atom is -0.361 e. The Morgan fingerprint density at radius 2 is 2.04 bits per heavy atom. The van der Waals surface area contributed by atoms with Gasteiger partial charge in [0, 0.05) is 30.2 Å². The molecule has 3 heterocycles. The lowest BCUT2D eigenvalue weighted by Crippen LogP contribution is -2.30. The van der Waals surface area contributed by atoms with E-state index in [4.69, 9.17) is 9.05 Å². The average Bonchev–Trinajstić information content (AvgIpc) is 3.40. The second kappa shape index (κ2) is 6.98. The molecular weight excluding hydrogens is 349 g/mol. The molecule has 1 atom stereocenters. The molecular formula is C20H20FN3O3. The lowest BCUT2D eigenvalue weighted by molar-refractivity contribution is 0.0688. The topological polar surface area (TPSA) is 72.4 Å². The number of amides is 1. The highest BCUT2D eigenvalue weighted by atomic mass is 19.1. The number of likely N-dealkylation sites (tertiary alicyclic amines) is 1. The minimum atomic E-state index is -0.410. The second-order valence-corrected chi connectivity index (χ2v) is 7.02. The van der Waals surface area contributed by atoms with Gasteiger partial charge in [-0.2, -0.15) is 0 Å². The number of carbonyl (C=O) groups excluding carboxylic acids is 1. The zero-order valence-corrected chi connectivity index (χ0v) is 15.2. The molecule has 0 aliphatic carbocycles. The van der Waals surface area contributed by atoms with E-state index in [9.17, 15) is 9.18 Å². The normalized spacial score (nSPS) is 17.0. The summed E-state index contributed by atoms with van der Waals surface area (Å²) in [5.74, 6) is 0.433. The van der Waals surface area contributed by atoms with Gasteiger partial charge in [-0.25, -0.2) is 4.39 Å². The van der Waals surface area contributed by atoms with Crippen molar-refractivity contribution in [2.24, 2.45) is 0 Å². The summed E-state index contributed by atoms with van der Waals surface area (Å²) in [7, 11) is 0. The molecule has 1 fully saturated rings. The fourth-order valence-electron chi connectivity index (χ4n) is 3.36. The maximum absolute atomic E-state index is 13.9. The second-order valence-electron chi connectivity index (χ2n) is 7.02. The first kappa shape index (κ1) is 17.5. The summed E-state index contributed by atoms with van der Waals surface area (Å²) in [6.07, 6.45) is 1.68. The van der Waals surface area contributed by atoms with Crippen molar-refractivity contribution in [2.45, 2.75) is 38.6 Å². The summed E-state index contributed by atoms with van der Waals surface area (Å²) in [5.41, 5.74) is 1.35. The van der Waals surface area contributed by atoms with Gasteiger partial charge < -0.3 is 13.9 Å². The van der Waals surface area contributed by atoms with Crippen LogP contribution >= 0.6 is 0 Å². The van der Waals surface area contributed by atoms with Gasteiger partial charge in [-0.15, -0.1) is 0 Å². The lowest BCUT2D eigenvalue weighted by Gasteiger charge is -2.21. The SMILES string of the molecule is CC(C)c1cc([C@H]2CCCN2C(=O)c2cc(-c3ccccc3F)no2)no1. The van der Waals surface area contributed by atoms with Crippen LogP contribution in [0.2, 0.25) is 0 Å². The molecule has 6 nitrogen and oxygen atoms in total. The molecule has 27 heavy (non-hydrogen) atoms. The van der Waals surface area contributed by atoms with Crippen molar-refractivity contribution in [3.63, 3.8) is 0 Å². The Kier molecular flexibility index (Phi) is 4.51. The lowest BCUT2D eigenvalue weighted by atomic mass is 10.1. The molecule has 3 aromatic rings. The number of nitrogens with zero attached hydrogens (tertiary/aromatic N) is 3. The number of halogens is 1. The van der Waals surface area contributed by atoms with Gasteiger partial charge in [0.05, 0.1) is 6.04 Å². The predicted molar refractivity (Wildman–Crippen MR) is 95.5 cm³/mol. The summed E-state index contributed by atoms with van der Waals surface area (Å²) >= 11 is 0. The van der Waals surface area contributed by atoms with Crippen LogP contribution in [0.25, 0.3) is 11.3 Å². The first-order valence-corrected chi connectivity index (χ1v) is 9.03. The summed E-state index contributed by atoms with van der Waals surface area (Å²) in [6.45, 7) is 4.66. The first-order valence-electron chi connectivity index (χ1n) is 9.03. The largest absolute Gasteiger partial charge is 0.361 e. The van der Waals surface area contributed by atoms with Gasteiger partial charge in [0.25, 0.3) is 5.91 Å². The van der Waals surface area contributed by atoms with Crippen molar-refractivity contribution in [1.82, 2.24) is 15.2 Å². The zero-order chi connectivity index (χ0) is 19.0. The molecule has 0 bridgehead atoms. The molecule has 1 aliphatic heterocycles. The van der Waals surface area contributed by atoms with E-state index in [0.29, 0.717) is 17.8 Å². The molecule has 0 saturated carbocycles. The highest BCUT2D eigenvalue weighted by Gasteiger charge is 2.34. The molecule has 0 spiro atoms. The van der Waals surface area contributed by atoms with Crippen molar-refractivity contribution >= 4 is 5.91 Å². The molecule has 1 amide bonds. The van der Waals surface area contributed by atoms with Crippen LogP contribution in [-0.4, -0.2) is 27.7 Å². The molecule has 7 heteroatoms. The first-order chi connectivity index (χ1) is 13.0. The van der Waals surface area contributed by atoms with E-state index in [1.54, 1.807) is 23.1 Å². The molecule has 1 aliphatic rings. The molecule has 2 aromatic heterocycles. The van der Waals surface area contributed by atoms with Crippen LogP contribution < -0.4 is 0 Å². The maximum atomic E-state index is 13.9. The molecule has 4 rings (SSSR count). The summed E-state index contributed by atoms with van der Waals surface area (Å²) in [6, 6.07) is 9.49. The van der Waals surface area contributed by atoms with Gasteiger partial charge in [0.15, 0.2) is 0 Å². The Bertz CT molecular complexity index is 963. The van der Waals surface area contributed by atoms with E-state index >= 15 is 0 Å². The van der Waals surface area contributed by atoms with E-state index < -0.39 is 5.82 Å². The van der Waals surface area contributed by atoms with E-state index in [1.165, 1.54) is 12.1 Å². The number of carbonyl (C=O) groups is 1. The quantitative estimate of drug-likeness (QED) is 0.674. The summed E-state index contributed by atoms with van der Waals surface area (Å²) < 4.78 is 24.5. The Labute approximate surface area is 155 Å². The number of hydrogen-bond acceptors (Lipinski definition) is 5. The Morgan fingerprint density at radius 3 is 2.78 bits per heavy atom. The van der Waals surface area contributed by atoms with E-state index in [0.717, 1.165) is 24.3 Å². The van der Waals surface area contributed by atoms with E-state index in [-0.39, 0.29) is 23.6 Å². The van der Waals surface area contributed by atoms with Gasteiger partial charge in [0.2, 0.25) is 5.76 Å². The van der Waals surface area contributed by atoms with Crippen LogP contribution in [0.3, 0.4) is 0 Å². The number of benzene rings is 1. The third kappa shape index (κ3) is 3.25. The smallest absolute Gasteiger partial charge is 0.293 e. The molecule has 1 saturated heterocycles. The van der Waals surface area contributed by atoms with Gasteiger partial charge >= 0.3 is 0 Å². The van der Waals surface area contributed by atoms with Crippen LogP contribution in [0, 0.1) is 5.82 Å². The number of rotatable bonds is 4. The van der Waals surface area contributed by atoms with E-state index in [1.807, 2.05) is 19.9 Å². The van der Waals surface area contributed by atoms with Gasteiger partial charge in [-0.05, 0) is 25.0 Å².